The van der Waals surface area contributed by atoms with Gasteiger partial charge in [-0.3, -0.25) is 9.59 Å². The van der Waals surface area contributed by atoms with Gasteiger partial charge in [0.1, 0.15) is 0 Å². The van der Waals surface area contributed by atoms with Crippen LogP contribution in [0, 0.1) is 0 Å². The van der Waals surface area contributed by atoms with E-state index in [1.807, 2.05) is 0 Å². The second-order valence-corrected chi connectivity index (χ2v) is 5.73. The average Bonchev–Trinajstić information content (AvgIpc) is 2.75. The third-order valence-electron chi connectivity index (χ3n) is 2.20. The Balaban J connectivity index is 2.08. The van der Waals surface area contributed by atoms with Crippen LogP contribution in [0.5, 0.6) is 0 Å². The van der Waals surface area contributed by atoms with Gasteiger partial charge >= 0.3 is 4.87 Å². The number of nitrogens with one attached hydrogen (secondary N) is 2. The van der Waals surface area contributed by atoms with Crippen LogP contribution < -0.4 is 10.2 Å². The maximum atomic E-state index is 11.9. The first-order valence-corrected chi connectivity index (χ1v) is 7.11. The van der Waals surface area contributed by atoms with Gasteiger partial charge in [0.15, 0.2) is 0 Å². The Hall–Kier alpha value is -1.05. The van der Waals surface area contributed by atoms with Crippen molar-refractivity contribution in [3.63, 3.8) is 0 Å². The third kappa shape index (κ3) is 3.24. The van der Waals surface area contributed by atoms with E-state index in [4.69, 9.17) is 0 Å². The largest absolute Gasteiger partial charge is 0.346 e. The van der Waals surface area contributed by atoms with Crippen LogP contribution in [-0.2, 0) is 6.54 Å². The van der Waals surface area contributed by atoms with Gasteiger partial charge in [-0.05, 0) is 34.1 Å². The molecule has 0 atom stereocenters. The van der Waals surface area contributed by atoms with E-state index in [-0.39, 0.29) is 10.8 Å². The van der Waals surface area contributed by atoms with Gasteiger partial charge in [0, 0.05) is 20.4 Å². The lowest BCUT2D eigenvalue weighted by Crippen LogP contribution is -2.23. The Labute approximate surface area is 121 Å². The van der Waals surface area contributed by atoms with E-state index >= 15 is 0 Å². The number of thiazole rings is 1. The first-order valence-electron chi connectivity index (χ1n) is 4.99. The Morgan fingerprint density at radius 1 is 1.50 bits per heavy atom. The third-order valence-corrected chi connectivity index (χ3v) is 3.89. The van der Waals surface area contributed by atoms with Gasteiger partial charge in [-0.25, -0.2) is 0 Å². The highest BCUT2D eigenvalue weighted by Gasteiger charge is 2.10. The first-order chi connectivity index (χ1) is 8.56. The molecule has 0 spiro atoms. The summed E-state index contributed by atoms with van der Waals surface area (Å²) in [5.74, 6) is -0.218. The molecule has 18 heavy (non-hydrogen) atoms. The predicted molar refractivity (Wildman–Crippen MR) is 77.5 cm³/mol. The number of thiol groups is 1. The molecule has 0 radical (unpaired) electrons. The molecule has 94 valence electrons. The number of hydrogen-bond acceptors (Lipinski definition) is 4. The van der Waals surface area contributed by atoms with Crippen molar-refractivity contribution in [2.75, 3.05) is 0 Å². The van der Waals surface area contributed by atoms with Crippen molar-refractivity contribution in [1.29, 1.82) is 0 Å². The average molecular weight is 345 g/mol. The number of aromatic nitrogens is 1. The maximum Gasteiger partial charge on any atom is 0.304 e. The number of H-pyrrole nitrogens is 1. The second-order valence-electron chi connectivity index (χ2n) is 3.52. The van der Waals surface area contributed by atoms with Crippen molar-refractivity contribution < 1.29 is 4.79 Å². The quantitative estimate of drug-likeness (QED) is 0.748. The standard InChI is InChI=1S/C11H9BrN2O2S2/c12-9-2-1-7(17)3-8(9)10(15)13-4-6-5-18-11(16)14-6/h1-3,5,17H,4H2,(H,13,15)(H,14,16). The van der Waals surface area contributed by atoms with Crippen LogP contribution in [0.15, 0.2) is 37.7 Å². The highest BCUT2D eigenvalue weighted by atomic mass is 79.9. The van der Waals surface area contributed by atoms with E-state index in [0.29, 0.717) is 27.2 Å². The lowest BCUT2D eigenvalue weighted by atomic mass is 10.2. The summed E-state index contributed by atoms with van der Waals surface area (Å²) >= 11 is 8.58. The Kier molecular flexibility index (Phi) is 4.26. The molecule has 1 aromatic heterocycles. The zero-order chi connectivity index (χ0) is 13.1. The summed E-state index contributed by atoms with van der Waals surface area (Å²) in [6.07, 6.45) is 0. The van der Waals surface area contributed by atoms with Crippen molar-refractivity contribution in [3.05, 3.63) is 49.0 Å². The van der Waals surface area contributed by atoms with Crippen molar-refractivity contribution in [2.24, 2.45) is 0 Å². The topological polar surface area (TPSA) is 62.0 Å². The van der Waals surface area contributed by atoms with Crippen molar-refractivity contribution in [1.82, 2.24) is 10.3 Å². The Bertz CT molecular complexity index is 636. The lowest BCUT2D eigenvalue weighted by molar-refractivity contribution is 0.0949. The van der Waals surface area contributed by atoms with Crippen LogP contribution in [0.2, 0.25) is 0 Å². The predicted octanol–water partition coefficient (Wildman–Crippen LogP) is 2.42. The fourth-order valence-corrected chi connectivity index (χ4v) is 2.57. The molecule has 7 heteroatoms. The molecule has 1 aromatic carbocycles. The summed E-state index contributed by atoms with van der Waals surface area (Å²) in [5, 5.41) is 4.42. The molecule has 2 N–H and O–H groups in total. The molecule has 0 aliphatic rings. The number of halogens is 1. The van der Waals surface area contributed by atoms with E-state index in [2.05, 4.69) is 38.9 Å². The summed E-state index contributed by atoms with van der Waals surface area (Å²) in [7, 11) is 0. The zero-order valence-electron chi connectivity index (χ0n) is 9.07. The van der Waals surface area contributed by atoms with E-state index in [0.717, 1.165) is 11.3 Å². The number of amides is 1. The number of carbonyl (C=O) groups excluding carboxylic acids is 1. The highest BCUT2D eigenvalue weighted by Crippen LogP contribution is 2.20. The molecule has 4 nitrogen and oxygen atoms in total. The Morgan fingerprint density at radius 3 is 2.94 bits per heavy atom. The van der Waals surface area contributed by atoms with Gasteiger partial charge in [-0.1, -0.05) is 11.3 Å². The molecular formula is C11H9BrN2O2S2. The van der Waals surface area contributed by atoms with Gasteiger partial charge in [0.2, 0.25) is 0 Å². The van der Waals surface area contributed by atoms with Crippen LogP contribution in [0.25, 0.3) is 0 Å². The lowest BCUT2D eigenvalue weighted by Gasteiger charge is -2.06. The smallest absolute Gasteiger partial charge is 0.304 e. The minimum absolute atomic E-state index is 0.127. The van der Waals surface area contributed by atoms with Crippen molar-refractivity contribution in [2.45, 2.75) is 11.4 Å². The van der Waals surface area contributed by atoms with E-state index in [1.165, 1.54) is 0 Å². The summed E-state index contributed by atoms with van der Waals surface area (Å²) in [5.41, 5.74) is 1.21. The molecule has 0 saturated heterocycles. The Morgan fingerprint density at radius 2 is 2.28 bits per heavy atom. The minimum atomic E-state index is -0.218. The first kappa shape index (κ1) is 13.4. The minimum Gasteiger partial charge on any atom is -0.346 e. The molecule has 0 aliphatic carbocycles. The fourth-order valence-electron chi connectivity index (χ4n) is 1.36. The summed E-state index contributed by atoms with van der Waals surface area (Å²) in [6, 6.07) is 5.24. The maximum absolute atomic E-state index is 11.9. The number of rotatable bonds is 3. The van der Waals surface area contributed by atoms with Crippen LogP contribution >= 0.6 is 39.9 Å². The van der Waals surface area contributed by atoms with Gasteiger partial charge in [-0.15, -0.1) is 12.6 Å². The molecule has 2 aromatic rings. The molecule has 0 fully saturated rings. The molecule has 2 rings (SSSR count). The monoisotopic (exact) mass is 344 g/mol. The van der Waals surface area contributed by atoms with Crippen LogP contribution in [0.1, 0.15) is 16.1 Å². The molecule has 0 saturated carbocycles. The summed E-state index contributed by atoms with van der Waals surface area (Å²) in [6.45, 7) is 0.292. The van der Waals surface area contributed by atoms with Crippen LogP contribution in [-0.4, -0.2) is 10.9 Å². The molecule has 0 unspecified atom stereocenters. The second kappa shape index (κ2) is 5.73. The van der Waals surface area contributed by atoms with Crippen molar-refractivity contribution in [3.8, 4) is 0 Å². The van der Waals surface area contributed by atoms with Gasteiger partial charge in [0.25, 0.3) is 5.91 Å². The number of carbonyl (C=O) groups is 1. The van der Waals surface area contributed by atoms with E-state index in [1.54, 1.807) is 23.6 Å². The molecule has 0 bridgehead atoms. The van der Waals surface area contributed by atoms with Crippen LogP contribution in [0.3, 0.4) is 0 Å². The molecule has 1 heterocycles. The number of hydrogen-bond donors (Lipinski definition) is 3. The molecular weight excluding hydrogens is 336 g/mol. The van der Waals surface area contributed by atoms with Gasteiger partial charge in [-0.2, -0.15) is 0 Å². The van der Waals surface area contributed by atoms with E-state index in [9.17, 15) is 9.59 Å². The van der Waals surface area contributed by atoms with Crippen LogP contribution in [0.4, 0.5) is 0 Å². The number of aromatic amines is 1. The van der Waals surface area contributed by atoms with Gasteiger partial charge < -0.3 is 10.3 Å². The number of benzene rings is 1. The fraction of sp³-hybridized carbons (Fsp3) is 0.0909. The SMILES string of the molecule is O=C(NCc1csc(=O)[nH]1)c1cc(S)ccc1Br. The van der Waals surface area contributed by atoms with E-state index < -0.39 is 0 Å². The summed E-state index contributed by atoms with van der Waals surface area (Å²) < 4.78 is 0.705. The summed E-state index contributed by atoms with van der Waals surface area (Å²) in [4.78, 5) is 26.1. The highest BCUT2D eigenvalue weighted by molar-refractivity contribution is 9.10. The zero-order valence-corrected chi connectivity index (χ0v) is 12.4. The van der Waals surface area contributed by atoms with Gasteiger partial charge in [0.05, 0.1) is 12.1 Å². The van der Waals surface area contributed by atoms with Crippen molar-refractivity contribution >= 4 is 45.8 Å². The molecule has 1 amide bonds. The normalized spacial score (nSPS) is 10.3. The molecule has 0 aliphatic heterocycles.